The molecule has 7 heteroatoms. The molecule has 2 aromatic rings. The summed E-state index contributed by atoms with van der Waals surface area (Å²) in [5.41, 5.74) is 2.22. The number of hydrogen-bond donors (Lipinski definition) is 1. The molecule has 1 aliphatic heterocycles. The Balaban J connectivity index is 1.66. The van der Waals surface area contributed by atoms with Gasteiger partial charge in [0, 0.05) is 29.8 Å². The van der Waals surface area contributed by atoms with Gasteiger partial charge in [0.15, 0.2) is 0 Å². The number of carbonyl (C=O) groups excluding carboxylic acids is 1. The minimum absolute atomic E-state index is 0.00344. The molecule has 4 rings (SSSR count). The van der Waals surface area contributed by atoms with Gasteiger partial charge in [0.2, 0.25) is 0 Å². The molecule has 1 unspecified atom stereocenters. The zero-order chi connectivity index (χ0) is 19.0. The minimum atomic E-state index is -0.416. The van der Waals surface area contributed by atoms with E-state index >= 15 is 0 Å². The van der Waals surface area contributed by atoms with Crippen LogP contribution in [0.3, 0.4) is 0 Å². The van der Waals surface area contributed by atoms with Crippen LogP contribution in [0.5, 0.6) is 0 Å². The number of nitro benzene ring substituents is 1. The topological polar surface area (TPSA) is 75.5 Å². The Labute approximate surface area is 162 Å². The van der Waals surface area contributed by atoms with E-state index in [9.17, 15) is 14.9 Å². The van der Waals surface area contributed by atoms with E-state index in [4.69, 9.17) is 0 Å². The molecule has 1 aliphatic carbocycles. The van der Waals surface area contributed by atoms with Crippen LogP contribution in [0.1, 0.15) is 40.7 Å². The first-order chi connectivity index (χ1) is 13.0. The van der Waals surface area contributed by atoms with E-state index in [1.807, 2.05) is 16.3 Å². The average Bonchev–Trinajstić information content (AvgIpc) is 3.09. The Kier molecular flexibility index (Phi) is 4.74. The third-order valence-corrected chi connectivity index (χ3v) is 6.78. The van der Waals surface area contributed by atoms with Crippen molar-refractivity contribution in [3.63, 3.8) is 0 Å². The van der Waals surface area contributed by atoms with Crippen LogP contribution in [0, 0.1) is 22.5 Å². The number of thiophene rings is 1. The van der Waals surface area contributed by atoms with Crippen molar-refractivity contribution >= 4 is 22.9 Å². The largest absolute Gasteiger partial charge is 0.331 e. The summed E-state index contributed by atoms with van der Waals surface area (Å²) in [7, 11) is 0. The molecule has 1 aromatic heterocycles. The number of hydrogen-bond acceptors (Lipinski definition) is 5. The van der Waals surface area contributed by atoms with Crippen LogP contribution < -0.4 is 5.32 Å². The Bertz CT molecular complexity index is 859. The summed E-state index contributed by atoms with van der Waals surface area (Å²) in [5, 5.41) is 18.8. The summed E-state index contributed by atoms with van der Waals surface area (Å²) in [6, 6.07) is 7.03. The first-order valence-corrected chi connectivity index (χ1v) is 10.2. The maximum Gasteiger partial charge on any atom is 0.273 e. The molecule has 2 aliphatic rings. The Morgan fingerprint density at radius 1 is 1.37 bits per heavy atom. The standard InChI is InChI=1S/C20H23N3O3S/c1-14-16(3-2-4-17(14)23(25)26)19(24)22(12-15-5-10-27-13-15)18-11-20(18)6-8-21-9-7-20/h2-5,10,13,18,21H,6-9,11-12H2,1H3. The summed E-state index contributed by atoms with van der Waals surface area (Å²) in [4.78, 5) is 26.3. The second-order valence-electron chi connectivity index (χ2n) is 7.60. The molecule has 1 saturated heterocycles. The number of nitrogens with zero attached hydrogens (tertiary/aromatic N) is 2. The SMILES string of the molecule is Cc1c(C(=O)N(Cc2ccsc2)C2CC23CCNCC3)cccc1[N+](=O)[O-]. The predicted molar refractivity (Wildman–Crippen MR) is 105 cm³/mol. The summed E-state index contributed by atoms with van der Waals surface area (Å²) in [5.74, 6) is -0.0946. The lowest BCUT2D eigenvalue weighted by Crippen LogP contribution is -2.39. The molecule has 1 saturated carbocycles. The Hall–Kier alpha value is -2.25. The van der Waals surface area contributed by atoms with E-state index < -0.39 is 4.92 Å². The summed E-state index contributed by atoms with van der Waals surface area (Å²) < 4.78 is 0. The molecule has 2 heterocycles. The van der Waals surface area contributed by atoms with Crippen LogP contribution in [0.4, 0.5) is 5.69 Å². The first kappa shape index (κ1) is 18.1. The fourth-order valence-corrected chi connectivity index (χ4v) is 5.00. The normalized spacial score (nSPS) is 20.4. The van der Waals surface area contributed by atoms with Crippen molar-refractivity contribution in [1.29, 1.82) is 0 Å². The third-order valence-electron chi connectivity index (χ3n) is 6.05. The Morgan fingerprint density at radius 2 is 2.15 bits per heavy atom. The molecule has 1 N–H and O–H groups in total. The van der Waals surface area contributed by atoms with Gasteiger partial charge in [-0.2, -0.15) is 11.3 Å². The van der Waals surface area contributed by atoms with Gasteiger partial charge in [-0.05, 0) is 73.1 Å². The number of benzene rings is 1. The highest BCUT2D eigenvalue weighted by atomic mass is 32.1. The van der Waals surface area contributed by atoms with Gasteiger partial charge in [-0.3, -0.25) is 14.9 Å². The lowest BCUT2D eigenvalue weighted by atomic mass is 9.93. The highest BCUT2D eigenvalue weighted by Crippen LogP contribution is 2.56. The molecule has 6 nitrogen and oxygen atoms in total. The van der Waals surface area contributed by atoms with Gasteiger partial charge >= 0.3 is 0 Å². The highest BCUT2D eigenvalue weighted by molar-refractivity contribution is 7.07. The molecule has 27 heavy (non-hydrogen) atoms. The van der Waals surface area contributed by atoms with Crippen LogP contribution in [-0.2, 0) is 6.54 Å². The number of nitrogens with one attached hydrogen (secondary N) is 1. The van der Waals surface area contributed by atoms with Crippen molar-refractivity contribution in [2.75, 3.05) is 13.1 Å². The second-order valence-corrected chi connectivity index (χ2v) is 8.38. The number of amides is 1. The molecule has 1 aromatic carbocycles. The summed E-state index contributed by atoms with van der Waals surface area (Å²) in [6.45, 7) is 4.21. The van der Waals surface area contributed by atoms with Crippen molar-refractivity contribution in [2.45, 2.75) is 38.8 Å². The molecular formula is C20H23N3O3S. The molecule has 1 amide bonds. The molecule has 1 spiro atoms. The van der Waals surface area contributed by atoms with E-state index in [0.717, 1.165) is 37.9 Å². The van der Waals surface area contributed by atoms with Crippen molar-refractivity contribution in [2.24, 2.45) is 5.41 Å². The van der Waals surface area contributed by atoms with Gasteiger partial charge in [-0.15, -0.1) is 0 Å². The van der Waals surface area contributed by atoms with Gasteiger partial charge < -0.3 is 10.2 Å². The number of rotatable bonds is 5. The predicted octanol–water partition coefficient (Wildman–Crippen LogP) is 3.75. The maximum atomic E-state index is 13.5. The van der Waals surface area contributed by atoms with Gasteiger partial charge in [0.1, 0.15) is 0 Å². The van der Waals surface area contributed by atoms with E-state index in [-0.39, 0.29) is 23.1 Å². The average molecular weight is 385 g/mol. The molecule has 0 radical (unpaired) electrons. The van der Waals surface area contributed by atoms with Crippen LogP contribution in [0.15, 0.2) is 35.0 Å². The fourth-order valence-electron chi connectivity index (χ4n) is 4.34. The quantitative estimate of drug-likeness (QED) is 0.628. The minimum Gasteiger partial charge on any atom is -0.331 e. The van der Waals surface area contributed by atoms with Crippen LogP contribution in [0.25, 0.3) is 0 Å². The number of nitro groups is 1. The zero-order valence-electron chi connectivity index (χ0n) is 15.3. The van der Waals surface area contributed by atoms with E-state index in [2.05, 4.69) is 10.7 Å². The van der Waals surface area contributed by atoms with E-state index in [1.165, 1.54) is 6.07 Å². The van der Waals surface area contributed by atoms with Crippen molar-refractivity contribution in [3.05, 3.63) is 61.8 Å². The first-order valence-electron chi connectivity index (χ1n) is 9.29. The van der Waals surface area contributed by atoms with Gasteiger partial charge in [0.05, 0.1) is 4.92 Å². The van der Waals surface area contributed by atoms with Gasteiger partial charge in [-0.25, -0.2) is 0 Å². The highest BCUT2D eigenvalue weighted by Gasteiger charge is 2.57. The number of piperidine rings is 1. The van der Waals surface area contributed by atoms with E-state index in [0.29, 0.717) is 17.7 Å². The number of carbonyl (C=O) groups is 1. The molecule has 0 bridgehead atoms. The molecule has 2 fully saturated rings. The molecular weight excluding hydrogens is 362 g/mol. The molecule has 1 atom stereocenters. The third kappa shape index (κ3) is 3.37. The van der Waals surface area contributed by atoms with Crippen LogP contribution >= 0.6 is 11.3 Å². The Morgan fingerprint density at radius 3 is 2.81 bits per heavy atom. The summed E-state index contributed by atoms with van der Waals surface area (Å²) in [6.07, 6.45) is 3.19. The second kappa shape index (κ2) is 7.05. The van der Waals surface area contributed by atoms with E-state index in [1.54, 1.807) is 30.4 Å². The van der Waals surface area contributed by atoms with Crippen LogP contribution in [-0.4, -0.2) is 34.9 Å². The monoisotopic (exact) mass is 385 g/mol. The maximum absolute atomic E-state index is 13.5. The summed E-state index contributed by atoms with van der Waals surface area (Å²) >= 11 is 1.62. The molecule has 142 valence electrons. The van der Waals surface area contributed by atoms with Crippen molar-refractivity contribution < 1.29 is 9.72 Å². The lowest BCUT2D eigenvalue weighted by Gasteiger charge is -2.30. The van der Waals surface area contributed by atoms with Crippen LogP contribution in [0.2, 0.25) is 0 Å². The fraction of sp³-hybridized carbons (Fsp3) is 0.450. The van der Waals surface area contributed by atoms with Gasteiger partial charge in [-0.1, -0.05) is 6.07 Å². The lowest BCUT2D eigenvalue weighted by molar-refractivity contribution is -0.385. The van der Waals surface area contributed by atoms with Crippen molar-refractivity contribution in [1.82, 2.24) is 10.2 Å². The van der Waals surface area contributed by atoms with Gasteiger partial charge in [0.25, 0.3) is 11.6 Å². The smallest absolute Gasteiger partial charge is 0.273 e. The zero-order valence-corrected chi connectivity index (χ0v) is 16.1. The van der Waals surface area contributed by atoms with Crippen molar-refractivity contribution in [3.8, 4) is 0 Å².